The smallest absolute Gasteiger partial charge is 0.257 e. The fourth-order valence-electron chi connectivity index (χ4n) is 2.89. The topological polar surface area (TPSA) is 59.6 Å². The maximum absolute atomic E-state index is 12.7. The quantitative estimate of drug-likeness (QED) is 0.717. The van der Waals surface area contributed by atoms with Gasteiger partial charge >= 0.3 is 0 Å². The number of hydrogen-bond acceptors (Lipinski definition) is 3. The number of benzene rings is 2. The summed E-state index contributed by atoms with van der Waals surface area (Å²) in [4.78, 5) is 14.1. The Morgan fingerprint density at radius 1 is 1.04 bits per heavy atom. The molecule has 0 saturated heterocycles. The molecule has 0 radical (unpaired) electrons. The molecule has 3 aromatic rings. The summed E-state index contributed by atoms with van der Waals surface area (Å²) in [5.74, 6) is 0.343. The number of carbonyl (C=O) groups excluding carboxylic acids is 1. The lowest BCUT2D eigenvalue weighted by Crippen LogP contribution is -3.04. The van der Waals surface area contributed by atoms with Crippen molar-refractivity contribution in [2.24, 2.45) is 0 Å². The van der Waals surface area contributed by atoms with Gasteiger partial charge in [0.2, 0.25) is 0 Å². The van der Waals surface area contributed by atoms with Gasteiger partial charge in [-0.15, -0.1) is 0 Å². The van der Waals surface area contributed by atoms with Crippen molar-refractivity contribution in [3.63, 3.8) is 0 Å². The van der Waals surface area contributed by atoms with E-state index in [4.69, 9.17) is 4.52 Å². The molecule has 3 rings (SSSR count). The molecule has 0 fully saturated rings. The lowest BCUT2D eigenvalue weighted by atomic mass is 10.1. The zero-order chi connectivity index (χ0) is 18.5. The predicted octanol–water partition coefficient (Wildman–Crippen LogP) is 2.22. The number of nitrogens with zero attached hydrogens (tertiary/aromatic N) is 1. The second kappa shape index (κ2) is 7.97. The summed E-state index contributed by atoms with van der Waals surface area (Å²) in [7, 11) is 4.25. The van der Waals surface area contributed by atoms with E-state index in [1.165, 1.54) is 10.5 Å². The van der Waals surface area contributed by atoms with Crippen molar-refractivity contribution < 1.29 is 14.2 Å². The SMILES string of the molecule is Cc1onc(-c2ccccc2)c1C(=O)NCc1ccc(C[NH+](C)C)cc1. The van der Waals surface area contributed by atoms with Crippen molar-refractivity contribution >= 4 is 5.91 Å². The fourth-order valence-corrected chi connectivity index (χ4v) is 2.89. The molecule has 0 aliphatic carbocycles. The molecule has 0 aliphatic heterocycles. The molecule has 0 bridgehead atoms. The third-order valence-electron chi connectivity index (χ3n) is 4.17. The number of quaternary nitrogens is 1. The molecule has 134 valence electrons. The predicted molar refractivity (Wildman–Crippen MR) is 101 cm³/mol. The van der Waals surface area contributed by atoms with Crippen LogP contribution in [0.4, 0.5) is 0 Å². The van der Waals surface area contributed by atoms with Gasteiger partial charge < -0.3 is 14.7 Å². The van der Waals surface area contributed by atoms with Crippen molar-refractivity contribution in [3.05, 3.63) is 77.0 Å². The number of hydrogen-bond donors (Lipinski definition) is 2. The molecule has 0 spiro atoms. The average molecular weight is 350 g/mol. The van der Waals surface area contributed by atoms with Crippen LogP contribution in [0, 0.1) is 6.92 Å². The van der Waals surface area contributed by atoms with Crippen molar-refractivity contribution in [2.45, 2.75) is 20.0 Å². The molecule has 2 aromatic carbocycles. The standard InChI is InChI=1S/C21H23N3O2/c1-15-19(20(23-26-15)18-7-5-4-6-8-18)21(25)22-13-16-9-11-17(12-10-16)14-24(2)3/h4-12H,13-14H2,1-3H3,(H,22,25)/p+1. The van der Waals surface area contributed by atoms with Gasteiger partial charge in [-0.05, 0) is 12.5 Å². The number of amides is 1. The van der Waals surface area contributed by atoms with Gasteiger partial charge in [-0.1, -0.05) is 59.8 Å². The molecule has 1 amide bonds. The maximum atomic E-state index is 12.7. The second-order valence-electron chi connectivity index (χ2n) is 6.71. The van der Waals surface area contributed by atoms with Crippen LogP contribution in [0.15, 0.2) is 59.1 Å². The molecule has 26 heavy (non-hydrogen) atoms. The Bertz CT molecular complexity index is 868. The van der Waals surface area contributed by atoms with Gasteiger partial charge in [0, 0.05) is 17.7 Å². The molecular weight excluding hydrogens is 326 g/mol. The van der Waals surface area contributed by atoms with Crippen LogP contribution in [0.25, 0.3) is 11.3 Å². The average Bonchev–Trinajstić information content (AvgIpc) is 3.03. The number of rotatable bonds is 6. The lowest BCUT2D eigenvalue weighted by molar-refractivity contribution is -0.872. The number of aromatic nitrogens is 1. The van der Waals surface area contributed by atoms with Crippen molar-refractivity contribution in [2.75, 3.05) is 14.1 Å². The van der Waals surface area contributed by atoms with Gasteiger partial charge in [-0.2, -0.15) is 0 Å². The van der Waals surface area contributed by atoms with Gasteiger partial charge in [0.1, 0.15) is 23.6 Å². The van der Waals surface area contributed by atoms with E-state index in [1.807, 2.05) is 30.3 Å². The zero-order valence-electron chi connectivity index (χ0n) is 15.4. The second-order valence-corrected chi connectivity index (χ2v) is 6.71. The summed E-state index contributed by atoms with van der Waals surface area (Å²) in [6.07, 6.45) is 0. The Morgan fingerprint density at radius 2 is 1.69 bits per heavy atom. The largest absolute Gasteiger partial charge is 0.360 e. The van der Waals surface area contributed by atoms with E-state index in [0.29, 0.717) is 23.6 Å². The molecule has 1 heterocycles. The van der Waals surface area contributed by atoms with Gasteiger partial charge in [-0.25, -0.2) is 0 Å². The molecule has 0 aliphatic rings. The van der Waals surface area contributed by atoms with Gasteiger partial charge in [-0.3, -0.25) is 4.79 Å². The van der Waals surface area contributed by atoms with Gasteiger partial charge in [0.15, 0.2) is 0 Å². The lowest BCUT2D eigenvalue weighted by Gasteiger charge is -2.09. The summed E-state index contributed by atoms with van der Waals surface area (Å²) < 4.78 is 5.26. The Balaban J connectivity index is 1.70. The summed E-state index contributed by atoms with van der Waals surface area (Å²) >= 11 is 0. The van der Waals surface area contributed by atoms with Gasteiger partial charge in [0.05, 0.1) is 14.1 Å². The van der Waals surface area contributed by atoms with Crippen LogP contribution < -0.4 is 10.2 Å². The normalized spacial score (nSPS) is 10.9. The highest BCUT2D eigenvalue weighted by Crippen LogP contribution is 2.24. The third kappa shape index (κ3) is 4.18. The molecule has 0 unspecified atom stereocenters. The minimum Gasteiger partial charge on any atom is -0.360 e. The Labute approximate surface area is 153 Å². The van der Waals surface area contributed by atoms with E-state index in [0.717, 1.165) is 17.7 Å². The number of carbonyl (C=O) groups is 1. The van der Waals surface area contributed by atoms with E-state index >= 15 is 0 Å². The first-order valence-corrected chi connectivity index (χ1v) is 8.71. The number of aryl methyl sites for hydroxylation is 1. The van der Waals surface area contributed by atoms with Crippen molar-refractivity contribution in [3.8, 4) is 11.3 Å². The van der Waals surface area contributed by atoms with Crippen LogP contribution >= 0.6 is 0 Å². The monoisotopic (exact) mass is 350 g/mol. The molecule has 1 aromatic heterocycles. The first-order valence-electron chi connectivity index (χ1n) is 8.71. The molecule has 0 atom stereocenters. The highest BCUT2D eigenvalue weighted by atomic mass is 16.5. The van der Waals surface area contributed by atoms with Crippen LogP contribution in [-0.4, -0.2) is 25.2 Å². The van der Waals surface area contributed by atoms with Crippen LogP contribution in [0.2, 0.25) is 0 Å². The third-order valence-corrected chi connectivity index (χ3v) is 4.17. The molecular formula is C21H24N3O2+. The highest BCUT2D eigenvalue weighted by molar-refractivity contribution is 6.00. The maximum Gasteiger partial charge on any atom is 0.257 e. The van der Waals surface area contributed by atoms with E-state index < -0.39 is 0 Å². The van der Waals surface area contributed by atoms with E-state index in [1.54, 1.807) is 6.92 Å². The zero-order valence-corrected chi connectivity index (χ0v) is 15.4. The first-order chi connectivity index (χ1) is 12.5. The minimum absolute atomic E-state index is 0.176. The number of nitrogens with one attached hydrogen (secondary N) is 2. The highest BCUT2D eigenvalue weighted by Gasteiger charge is 2.21. The van der Waals surface area contributed by atoms with Crippen LogP contribution in [0.3, 0.4) is 0 Å². The van der Waals surface area contributed by atoms with E-state index in [9.17, 15) is 4.79 Å². The van der Waals surface area contributed by atoms with Crippen LogP contribution in [0.1, 0.15) is 27.2 Å². The Morgan fingerprint density at radius 3 is 2.35 bits per heavy atom. The molecule has 5 nitrogen and oxygen atoms in total. The summed E-state index contributed by atoms with van der Waals surface area (Å²) in [5.41, 5.74) is 4.27. The molecule has 5 heteroatoms. The van der Waals surface area contributed by atoms with E-state index in [2.05, 4.69) is 48.8 Å². The van der Waals surface area contributed by atoms with Crippen molar-refractivity contribution in [1.29, 1.82) is 0 Å². The fraction of sp³-hybridized carbons (Fsp3) is 0.238. The minimum atomic E-state index is -0.176. The van der Waals surface area contributed by atoms with Crippen LogP contribution in [-0.2, 0) is 13.1 Å². The van der Waals surface area contributed by atoms with Crippen LogP contribution in [0.5, 0.6) is 0 Å². The summed E-state index contributed by atoms with van der Waals surface area (Å²) in [6.45, 7) is 3.20. The summed E-state index contributed by atoms with van der Waals surface area (Å²) in [5, 5.41) is 7.03. The molecule has 0 saturated carbocycles. The molecule has 2 N–H and O–H groups in total. The Kier molecular flexibility index (Phi) is 5.49. The summed E-state index contributed by atoms with van der Waals surface area (Å²) in [6, 6.07) is 17.9. The Hall–Kier alpha value is -2.92. The van der Waals surface area contributed by atoms with Gasteiger partial charge in [0.25, 0.3) is 5.91 Å². The van der Waals surface area contributed by atoms with E-state index in [-0.39, 0.29) is 5.91 Å². The first kappa shape index (κ1) is 17.9. The van der Waals surface area contributed by atoms with Crippen molar-refractivity contribution in [1.82, 2.24) is 10.5 Å².